The summed E-state index contributed by atoms with van der Waals surface area (Å²) in [5, 5.41) is 9.87. The quantitative estimate of drug-likeness (QED) is 0.811. The molecule has 1 saturated heterocycles. The molecular formula is C18H31N5O3S. The van der Waals surface area contributed by atoms with Crippen LogP contribution in [0.5, 0.6) is 0 Å². The fourth-order valence-electron chi connectivity index (χ4n) is 3.90. The van der Waals surface area contributed by atoms with Gasteiger partial charge in [-0.1, -0.05) is 13.8 Å². The molecule has 2 aliphatic heterocycles. The number of carbonyl (C=O) groups excluding carboxylic acids is 1. The maximum Gasteiger partial charge on any atom is 0.317 e. The van der Waals surface area contributed by atoms with Gasteiger partial charge in [-0.15, -0.1) is 0 Å². The molecule has 0 aliphatic carbocycles. The Morgan fingerprint density at radius 3 is 2.63 bits per heavy atom. The molecule has 8 nitrogen and oxygen atoms in total. The van der Waals surface area contributed by atoms with Crippen molar-refractivity contribution < 1.29 is 13.2 Å². The van der Waals surface area contributed by atoms with E-state index in [1.54, 1.807) is 24.3 Å². The number of aromatic nitrogens is 2. The lowest BCUT2D eigenvalue weighted by molar-refractivity contribution is 0.160. The third kappa shape index (κ3) is 4.45. The molecule has 3 rings (SSSR count). The van der Waals surface area contributed by atoms with Crippen LogP contribution in [0.2, 0.25) is 0 Å². The number of rotatable bonds is 3. The van der Waals surface area contributed by atoms with Crippen LogP contribution in [0, 0.1) is 5.41 Å². The number of nitrogens with one attached hydrogen (secondary N) is 2. The summed E-state index contributed by atoms with van der Waals surface area (Å²) < 4.78 is 26.1. The third-order valence-electron chi connectivity index (χ3n) is 5.47. The smallest absolute Gasteiger partial charge is 0.317 e. The molecule has 1 aromatic rings. The molecule has 152 valence electrons. The topological polar surface area (TPSA) is 98.4 Å². The molecule has 0 saturated carbocycles. The molecular weight excluding hydrogens is 366 g/mol. The molecule has 0 atom stereocenters. The van der Waals surface area contributed by atoms with Gasteiger partial charge < -0.3 is 10.2 Å². The van der Waals surface area contributed by atoms with E-state index in [2.05, 4.69) is 29.4 Å². The Kier molecular flexibility index (Phi) is 5.54. The van der Waals surface area contributed by atoms with Crippen molar-refractivity contribution in [3.63, 3.8) is 0 Å². The highest BCUT2D eigenvalue weighted by Gasteiger charge is 2.34. The monoisotopic (exact) mass is 397 g/mol. The summed E-state index contributed by atoms with van der Waals surface area (Å²) in [7, 11) is -3.22. The third-order valence-corrected chi connectivity index (χ3v) is 7.74. The van der Waals surface area contributed by atoms with Crippen LogP contribution in [0.1, 0.15) is 51.8 Å². The van der Waals surface area contributed by atoms with Gasteiger partial charge in [0, 0.05) is 36.9 Å². The van der Waals surface area contributed by atoms with Crippen molar-refractivity contribution in [1.29, 1.82) is 0 Å². The molecule has 0 bridgehead atoms. The number of nitrogens with zero attached hydrogens (tertiary/aromatic N) is 3. The Morgan fingerprint density at radius 1 is 1.33 bits per heavy atom. The number of hydrogen-bond acceptors (Lipinski definition) is 4. The van der Waals surface area contributed by atoms with E-state index in [0.717, 1.165) is 17.7 Å². The van der Waals surface area contributed by atoms with Crippen LogP contribution in [0.25, 0.3) is 0 Å². The van der Waals surface area contributed by atoms with E-state index in [9.17, 15) is 13.2 Å². The first-order valence-electron chi connectivity index (χ1n) is 9.64. The molecule has 0 radical (unpaired) electrons. The van der Waals surface area contributed by atoms with Gasteiger partial charge in [-0.05, 0) is 38.5 Å². The normalized spacial score (nSPS) is 21.7. The molecule has 2 amide bonds. The summed E-state index contributed by atoms with van der Waals surface area (Å²) in [5.41, 5.74) is 2.13. The Balaban J connectivity index is 1.60. The lowest BCUT2D eigenvalue weighted by Crippen LogP contribution is -2.51. The van der Waals surface area contributed by atoms with Crippen LogP contribution in [-0.4, -0.2) is 64.8 Å². The molecule has 0 spiro atoms. The second-order valence-electron chi connectivity index (χ2n) is 8.79. The van der Waals surface area contributed by atoms with Gasteiger partial charge in [0.15, 0.2) is 0 Å². The van der Waals surface area contributed by atoms with E-state index in [0.29, 0.717) is 39.0 Å². The predicted octanol–water partition coefficient (Wildman–Crippen LogP) is 1.71. The summed E-state index contributed by atoms with van der Waals surface area (Å²) in [6, 6.07) is -0.0754. The number of sulfonamides is 1. The SMILES string of the molecule is CC(C)S(=O)(=O)N1CCC(NC(=O)N2Cc3cn[nH]c3CC(C)(C)C2)CC1. The number of carbonyl (C=O) groups is 1. The van der Waals surface area contributed by atoms with Crippen LogP contribution in [0.4, 0.5) is 4.79 Å². The highest BCUT2D eigenvalue weighted by atomic mass is 32.2. The van der Waals surface area contributed by atoms with Crippen molar-refractivity contribution in [1.82, 2.24) is 24.7 Å². The first-order valence-corrected chi connectivity index (χ1v) is 11.1. The molecule has 1 aromatic heterocycles. The number of piperidine rings is 1. The van der Waals surface area contributed by atoms with Crippen LogP contribution in [-0.2, 0) is 23.0 Å². The van der Waals surface area contributed by atoms with Crippen molar-refractivity contribution in [2.24, 2.45) is 5.41 Å². The van der Waals surface area contributed by atoms with E-state index < -0.39 is 15.3 Å². The Hall–Kier alpha value is -1.61. The Labute approximate surface area is 161 Å². The van der Waals surface area contributed by atoms with Crippen molar-refractivity contribution >= 4 is 16.1 Å². The second-order valence-corrected chi connectivity index (χ2v) is 11.3. The molecule has 27 heavy (non-hydrogen) atoms. The predicted molar refractivity (Wildman–Crippen MR) is 104 cm³/mol. The van der Waals surface area contributed by atoms with Gasteiger partial charge in [0.25, 0.3) is 0 Å². The average Bonchev–Trinajstić information content (AvgIpc) is 2.95. The van der Waals surface area contributed by atoms with Gasteiger partial charge >= 0.3 is 6.03 Å². The van der Waals surface area contributed by atoms with Crippen LogP contribution in [0.15, 0.2) is 6.20 Å². The molecule has 2 aliphatic rings. The summed E-state index contributed by atoms with van der Waals surface area (Å²) in [6.07, 6.45) is 3.95. The second kappa shape index (κ2) is 7.43. The van der Waals surface area contributed by atoms with E-state index in [-0.39, 0.29) is 17.5 Å². The van der Waals surface area contributed by atoms with Crippen molar-refractivity contribution in [3.8, 4) is 0 Å². The summed E-state index contributed by atoms with van der Waals surface area (Å²) >= 11 is 0. The highest BCUT2D eigenvalue weighted by Crippen LogP contribution is 2.29. The zero-order valence-electron chi connectivity index (χ0n) is 16.7. The Morgan fingerprint density at radius 2 is 2.00 bits per heavy atom. The molecule has 9 heteroatoms. The van der Waals surface area contributed by atoms with E-state index in [4.69, 9.17) is 0 Å². The van der Waals surface area contributed by atoms with Crippen LogP contribution < -0.4 is 5.32 Å². The lowest BCUT2D eigenvalue weighted by atomic mass is 9.88. The molecule has 0 unspecified atom stereocenters. The fourth-order valence-corrected chi connectivity index (χ4v) is 5.22. The van der Waals surface area contributed by atoms with Crippen molar-refractivity contribution in [2.75, 3.05) is 19.6 Å². The first-order chi connectivity index (χ1) is 12.6. The number of fused-ring (bicyclic) bond motifs is 1. The van der Waals surface area contributed by atoms with Gasteiger partial charge in [0.05, 0.1) is 18.0 Å². The van der Waals surface area contributed by atoms with E-state index in [1.165, 1.54) is 0 Å². The van der Waals surface area contributed by atoms with Gasteiger partial charge in [-0.25, -0.2) is 17.5 Å². The largest absolute Gasteiger partial charge is 0.335 e. The standard InChI is InChI=1S/C18H31N5O3S/c1-13(2)27(25,26)23-7-5-15(6-8-23)20-17(24)22-11-14-10-19-21-16(14)9-18(3,4)12-22/h10,13,15H,5-9,11-12H2,1-4H3,(H,19,21)(H,20,24). The van der Waals surface area contributed by atoms with Crippen LogP contribution >= 0.6 is 0 Å². The number of aromatic amines is 1. The maximum absolute atomic E-state index is 12.9. The van der Waals surface area contributed by atoms with Gasteiger partial charge in [0.1, 0.15) is 0 Å². The number of hydrogen-bond donors (Lipinski definition) is 2. The minimum atomic E-state index is -3.22. The minimum absolute atomic E-state index is 0.00583. The number of H-pyrrole nitrogens is 1. The average molecular weight is 398 g/mol. The van der Waals surface area contributed by atoms with Gasteiger partial charge in [-0.2, -0.15) is 5.10 Å². The number of amides is 2. The van der Waals surface area contributed by atoms with Crippen molar-refractivity contribution in [2.45, 2.75) is 64.8 Å². The van der Waals surface area contributed by atoms with Crippen LogP contribution in [0.3, 0.4) is 0 Å². The fraction of sp³-hybridized carbons (Fsp3) is 0.778. The zero-order chi connectivity index (χ0) is 19.8. The van der Waals surface area contributed by atoms with Crippen molar-refractivity contribution in [3.05, 3.63) is 17.5 Å². The van der Waals surface area contributed by atoms with E-state index in [1.807, 2.05) is 4.90 Å². The molecule has 0 aromatic carbocycles. The molecule has 1 fully saturated rings. The summed E-state index contributed by atoms with van der Waals surface area (Å²) in [5.74, 6) is 0. The molecule has 2 N–H and O–H groups in total. The molecule has 3 heterocycles. The number of urea groups is 1. The Bertz CT molecular complexity index is 779. The minimum Gasteiger partial charge on any atom is -0.335 e. The summed E-state index contributed by atoms with van der Waals surface area (Å²) in [6.45, 7) is 9.84. The lowest BCUT2D eigenvalue weighted by Gasteiger charge is -2.35. The zero-order valence-corrected chi connectivity index (χ0v) is 17.5. The van der Waals surface area contributed by atoms with Gasteiger partial charge in [0.2, 0.25) is 10.0 Å². The summed E-state index contributed by atoms with van der Waals surface area (Å²) in [4.78, 5) is 14.7. The first kappa shape index (κ1) is 20.1. The van der Waals surface area contributed by atoms with E-state index >= 15 is 0 Å². The highest BCUT2D eigenvalue weighted by molar-refractivity contribution is 7.89. The maximum atomic E-state index is 12.9. The van der Waals surface area contributed by atoms with Gasteiger partial charge in [-0.3, -0.25) is 5.10 Å².